The summed E-state index contributed by atoms with van der Waals surface area (Å²) in [5.41, 5.74) is -0.207. The molecule has 2 rings (SSSR count). The van der Waals surface area contributed by atoms with E-state index in [1.54, 1.807) is 6.07 Å². The van der Waals surface area contributed by atoms with E-state index in [-0.39, 0.29) is 17.1 Å². The second-order valence-corrected chi connectivity index (χ2v) is 4.72. The van der Waals surface area contributed by atoms with Crippen molar-refractivity contribution in [3.63, 3.8) is 0 Å². The van der Waals surface area contributed by atoms with Gasteiger partial charge in [-0.1, -0.05) is 30.3 Å². The number of benzene rings is 1. The molecular formula is C15H14F3N3O2. The second kappa shape index (κ2) is 6.64. The summed E-state index contributed by atoms with van der Waals surface area (Å²) >= 11 is 0. The third-order valence-electron chi connectivity index (χ3n) is 3.20. The van der Waals surface area contributed by atoms with Gasteiger partial charge in [0, 0.05) is 13.1 Å². The Kier molecular flexibility index (Phi) is 4.83. The molecule has 1 atom stereocenters. The number of methoxy groups -OCH3 is 1. The SMILES string of the molecule is COc1cc(C(=O)N(C)C(c2ccccc2)C(F)(F)F)ncn1. The first-order valence-corrected chi connectivity index (χ1v) is 6.59. The lowest BCUT2D eigenvalue weighted by Gasteiger charge is -2.30. The molecule has 0 aliphatic heterocycles. The number of carbonyl (C=O) groups excluding carboxylic acids is 1. The lowest BCUT2D eigenvalue weighted by Crippen LogP contribution is -2.40. The first kappa shape index (κ1) is 16.7. The van der Waals surface area contributed by atoms with E-state index < -0.39 is 18.1 Å². The molecule has 8 heteroatoms. The predicted molar refractivity (Wildman–Crippen MR) is 75.9 cm³/mol. The third-order valence-corrected chi connectivity index (χ3v) is 3.20. The van der Waals surface area contributed by atoms with Crippen molar-refractivity contribution < 1.29 is 22.7 Å². The molecule has 2 aromatic rings. The number of aromatic nitrogens is 2. The van der Waals surface area contributed by atoms with Crippen molar-refractivity contribution in [2.75, 3.05) is 14.2 Å². The van der Waals surface area contributed by atoms with E-state index in [0.717, 1.165) is 13.4 Å². The van der Waals surface area contributed by atoms with Crippen molar-refractivity contribution in [2.45, 2.75) is 12.2 Å². The summed E-state index contributed by atoms with van der Waals surface area (Å²) in [7, 11) is 2.42. The first-order valence-electron chi connectivity index (χ1n) is 6.59. The third kappa shape index (κ3) is 3.77. The summed E-state index contributed by atoms with van der Waals surface area (Å²) in [6.45, 7) is 0. The van der Waals surface area contributed by atoms with Crippen LogP contribution in [-0.2, 0) is 0 Å². The van der Waals surface area contributed by atoms with Crippen molar-refractivity contribution >= 4 is 5.91 Å². The molecule has 5 nitrogen and oxygen atoms in total. The fourth-order valence-corrected chi connectivity index (χ4v) is 2.13. The van der Waals surface area contributed by atoms with Gasteiger partial charge in [0.15, 0.2) is 6.04 Å². The maximum absolute atomic E-state index is 13.4. The van der Waals surface area contributed by atoms with Crippen LogP contribution < -0.4 is 4.74 Å². The van der Waals surface area contributed by atoms with Gasteiger partial charge in [-0.3, -0.25) is 4.79 Å². The predicted octanol–water partition coefficient (Wildman–Crippen LogP) is 2.86. The van der Waals surface area contributed by atoms with Crippen LogP contribution in [0.25, 0.3) is 0 Å². The van der Waals surface area contributed by atoms with Gasteiger partial charge in [-0.25, -0.2) is 9.97 Å². The average Bonchev–Trinajstić information content (AvgIpc) is 2.54. The number of halogens is 3. The molecule has 122 valence electrons. The van der Waals surface area contributed by atoms with Crippen molar-refractivity contribution in [1.29, 1.82) is 0 Å². The Morgan fingerprint density at radius 2 is 1.87 bits per heavy atom. The van der Waals surface area contributed by atoms with E-state index in [0.29, 0.717) is 4.90 Å². The molecular weight excluding hydrogens is 311 g/mol. The van der Waals surface area contributed by atoms with E-state index in [9.17, 15) is 18.0 Å². The number of alkyl halides is 3. The Hall–Kier alpha value is -2.64. The van der Waals surface area contributed by atoms with Gasteiger partial charge in [0.25, 0.3) is 5.91 Å². The maximum Gasteiger partial charge on any atom is 0.413 e. The molecule has 0 bridgehead atoms. The minimum Gasteiger partial charge on any atom is -0.481 e. The van der Waals surface area contributed by atoms with Crippen molar-refractivity contribution in [3.8, 4) is 5.88 Å². The van der Waals surface area contributed by atoms with Gasteiger partial charge in [-0.05, 0) is 5.56 Å². The first-order chi connectivity index (χ1) is 10.8. The monoisotopic (exact) mass is 325 g/mol. The molecule has 1 aromatic carbocycles. The molecule has 1 aromatic heterocycles. The molecule has 1 unspecified atom stereocenters. The standard InChI is InChI=1S/C15H14F3N3O2/c1-21(14(22)11-8-12(23-2)20-9-19-11)13(15(16,17)18)10-6-4-3-5-7-10/h3-9,13H,1-2H3. The fraction of sp³-hybridized carbons (Fsp3) is 0.267. The van der Waals surface area contributed by atoms with Gasteiger partial charge < -0.3 is 9.64 Å². The molecule has 0 aliphatic carbocycles. The summed E-state index contributed by atoms with van der Waals surface area (Å²) in [5.74, 6) is -0.781. The van der Waals surface area contributed by atoms with Crippen LogP contribution in [0.1, 0.15) is 22.1 Å². The Morgan fingerprint density at radius 3 is 2.43 bits per heavy atom. The molecule has 1 heterocycles. The van der Waals surface area contributed by atoms with Crippen molar-refractivity contribution in [2.24, 2.45) is 0 Å². The van der Waals surface area contributed by atoms with Crippen LogP contribution in [0.2, 0.25) is 0 Å². The largest absolute Gasteiger partial charge is 0.481 e. The topological polar surface area (TPSA) is 55.3 Å². The van der Waals surface area contributed by atoms with Gasteiger partial charge >= 0.3 is 6.18 Å². The van der Waals surface area contributed by atoms with Gasteiger partial charge in [-0.15, -0.1) is 0 Å². The lowest BCUT2D eigenvalue weighted by atomic mass is 10.0. The molecule has 0 aliphatic rings. The Morgan fingerprint density at radius 1 is 1.22 bits per heavy atom. The van der Waals surface area contributed by atoms with E-state index >= 15 is 0 Å². The summed E-state index contributed by atoms with van der Waals surface area (Å²) in [5, 5.41) is 0. The minimum absolute atomic E-state index is 0.0307. The average molecular weight is 325 g/mol. The number of rotatable bonds is 4. The van der Waals surface area contributed by atoms with E-state index in [1.807, 2.05) is 0 Å². The van der Waals surface area contributed by atoms with Gasteiger partial charge in [0.1, 0.15) is 12.0 Å². The Bertz CT molecular complexity index is 677. The quantitative estimate of drug-likeness (QED) is 0.867. The van der Waals surface area contributed by atoms with E-state index in [2.05, 4.69) is 9.97 Å². The van der Waals surface area contributed by atoms with Crippen molar-refractivity contribution in [1.82, 2.24) is 14.9 Å². The van der Waals surface area contributed by atoms with Crippen LogP contribution in [0.3, 0.4) is 0 Å². The van der Waals surface area contributed by atoms with Gasteiger partial charge in [0.2, 0.25) is 5.88 Å². The number of ether oxygens (including phenoxy) is 1. The molecule has 1 amide bonds. The molecule has 0 fully saturated rings. The summed E-state index contributed by atoms with van der Waals surface area (Å²) < 4.78 is 45.1. The fourth-order valence-electron chi connectivity index (χ4n) is 2.13. The number of amides is 1. The maximum atomic E-state index is 13.4. The highest BCUT2D eigenvalue weighted by Crippen LogP contribution is 2.37. The normalized spacial score (nSPS) is 12.6. The van der Waals surface area contributed by atoms with E-state index in [4.69, 9.17) is 4.74 Å². The number of hydrogen-bond acceptors (Lipinski definition) is 4. The van der Waals surface area contributed by atoms with Crippen LogP contribution in [0.5, 0.6) is 5.88 Å². The van der Waals surface area contributed by atoms with Crippen LogP contribution in [0.15, 0.2) is 42.7 Å². The van der Waals surface area contributed by atoms with Crippen LogP contribution >= 0.6 is 0 Å². The second-order valence-electron chi connectivity index (χ2n) is 4.72. The van der Waals surface area contributed by atoms with Crippen LogP contribution in [-0.4, -0.2) is 41.1 Å². The van der Waals surface area contributed by atoms with Crippen LogP contribution in [0, 0.1) is 0 Å². The summed E-state index contributed by atoms with van der Waals surface area (Å²) in [6, 6.07) is 6.34. The molecule has 0 radical (unpaired) electrons. The molecule has 23 heavy (non-hydrogen) atoms. The molecule has 0 spiro atoms. The molecule has 0 N–H and O–H groups in total. The molecule has 0 saturated heterocycles. The summed E-state index contributed by atoms with van der Waals surface area (Å²) in [6.07, 6.45) is -3.56. The smallest absolute Gasteiger partial charge is 0.413 e. The molecule has 0 saturated carbocycles. The number of nitrogens with zero attached hydrogens (tertiary/aromatic N) is 3. The highest BCUT2D eigenvalue weighted by Gasteiger charge is 2.45. The Labute approximate surface area is 130 Å². The zero-order valence-electron chi connectivity index (χ0n) is 12.4. The highest BCUT2D eigenvalue weighted by molar-refractivity contribution is 5.92. The van der Waals surface area contributed by atoms with Crippen molar-refractivity contribution in [3.05, 3.63) is 54.0 Å². The van der Waals surface area contributed by atoms with E-state index in [1.165, 1.54) is 37.4 Å². The Balaban J connectivity index is 2.37. The summed E-state index contributed by atoms with van der Waals surface area (Å²) in [4.78, 5) is 20.4. The zero-order valence-corrected chi connectivity index (χ0v) is 12.4. The van der Waals surface area contributed by atoms with Crippen LogP contribution in [0.4, 0.5) is 13.2 Å². The minimum atomic E-state index is -4.62. The van der Waals surface area contributed by atoms with Gasteiger partial charge in [0.05, 0.1) is 7.11 Å². The highest BCUT2D eigenvalue weighted by atomic mass is 19.4. The lowest BCUT2D eigenvalue weighted by molar-refractivity contribution is -0.176. The number of carbonyl (C=O) groups is 1. The van der Waals surface area contributed by atoms with Gasteiger partial charge in [-0.2, -0.15) is 13.2 Å². The number of hydrogen-bond donors (Lipinski definition) is 0. The zero-order chi connectivity index (χ0) is 17.0.